The number of rotatable bonds is 3. The van der Waals surface area contributed by atoms with Gasteiger partial charge in [-0.3, -0.25) is 10.1 Å². The Hall–Kier alpha value is -1.45. The van der Waals surface area contributed by atoms with Gasteiger partial charge in [-0.05, 0) is 18.4 Å². The lowest BCUT2D eigenvalue weighted by Crippen LogP contribution is -1.96. The fraction of sp³-hybridized carbons (Fsp3) is 0.500. The molecule has 1 unspecified atom stereocenters. The third kappa shape index (κ3) is 1.60. The highest BCUT2D eigenvalue weighted by molar-refractivity contribution is 5.72. The summed E-state index contributed by atoms with van der Waals surface area (Å²) in [4.78, 5) is 4.39. The second-order valence-electron chi connectivity index (χ2n) is 3.63. The zero-order valence-corrected chi connectivity index (χ0v) is 8.49. The summed E-state index contributed by atoms with van der Waals surface area (Å²) in [6, 6.07) is 2.01. The number of nitrogens with one attached hydrogen (secondary N) is 1. The molecule has 0 amide bonds. The number of fused-ring (bicyclic) bond motifs is 1. The van der Waals surface area contributed by atoms with Gasteiger partial charge in [-0.1, -0.05) is 25.5 Å². The van der Waals surface area contributed by atoms with E-state index >= 15 is 0 Å². The zero-order chi connectivity index (χ0) is 9.97. The van der Waals surface area contributed by atoms with E-state index in [9.17, 15) is 0 Å². The molecular formula is C10H14N4. The molecule has 0 saturated carbocycles. The highest BCUT2D eigenvalue weighted by Gasteiger charge is 2.07. The first-order valence-electron chi connectivity index (χ1n) is 4.98. The molecule has 4 heteroatoms. The largest absolute Gasteiger partial charge is 0.259 e. The van der Waals surface area contributed by atoms with Gasteiger partial charge in [0.1, 0.15) is 11.0 Å². The Bertz CT molecular complexity index is 421. The molecular weight excluding hydrogens is 176 g/mol. The summed E-state index contributed by atoms with van der Waals surface area (Å²) in [5, 5.41) is 10.5. The molecule has 1 N–H and O–H groups in total. The van der Waals surface area contributed by atoms with Crippen molar-refractivity contribution in [2.24, 2.45) is 0 Å². The molecule has 2 aromatic rings. The first-order valence-corrected chi connectivity index (χ1v) is 4.98. The van der Waals surface area contributed by atoms with Crippen molar-refractivity contribution in [3.05, 3.63) is 18.0 Å². The van der Waals surface area contributed by atoms with E-state index in [1.54, 1.807) is 6.20 Å². The molecule has 1 atom stereocenters. The van der Waals surface area contributed by atoms with Crippen LogP contribution in [0.4, 0.5) is 0 Å². The third-order valence-electron chi connectivity index (χ3n) is 2.46. The van der Waals surface area contributed by atoms with Crippen molar-refractivity contribution in [1.29, 1.82) is 0 Å². The fourth-order valence-electron chi connectivity index (χ4n) is 1.61. The number of pyridine rings is 1. The topological polar surface area (TPSA) is 54.5 Å². The number of aromatic amines is 1. The van der Waals surface area contributed by atoms with Crippen LogP contribution in [0.25, 0.3) is 11.0 Å². The number of H-pyrrole nitrogens is 1. The van der Waals surface area contributed by atoms with E-state index in [2.05, 4.69) is 34.2 Å². The molecule has 4 nitrogen and oxygen atoms in total. The van der Waals surface area contributed by atoms with Gasteiger partial charge in [-0.15, -0.1) is 5.10 Å². The molecule has 14 heavy (non-hydrogen) atoms. The van der Waals surface area contributed by atoms with E-state index in [0.29, 0.717) is 5.92 Å². The van der Waals surface area contributed by atoms with Crippen molar-refractivity contribution in [1.82, 2.24) is 20.4 Å². The zero-order valence-electron chi connectivity index (χ0n) is 8.49. The average Bonchev–Trinajstić information content (AvgIpc) is 2.64. The summed E-state index contributed by atoms with van der Waals surface area (Å²) >= 11 is 0. The number of hydrogen-bond donors (Lipinski definition) is 1. The van der Waals surface area contributed by atoms with Crippen molar-refractivity contribution < 1.29 is 0 Å². The predicted octanol–water partition coefficient (Wildman–Crippen LogP) is 2.26. The summed E-state index contributed by atoms with van der Waals surface area (Å²) in [6.07, 6.45) is 4.15. The highest BCUT2D eigenvalue weighted by Crippen LogP contribution is 2.20. The van der Waals surface area contributed by atoms with Crippen LogP contribution in [0.5, 0.6) is 0 Å². The van der Waals surface area contributed by atoms with Crippen LogP contribution >= 0.6 is 0 Å². The van der Waals surface area contributed by atoms with E-state index in [1.165, 1.54) is 6.42 Å². The van der Waals surface area contributed by atoms with Crippen LogP contribution in [0.15, 0.2) is 12.3 Å². The molecule has 0 bridgehead atoms. The van der Waals surface area contributed by atoms with Gasteiger partial charge in [0.2, 0.25) is 0 Å². The fourth-order valence-corrected chi connectivity index (χ4v) is 1.61. The molecule has 0 aliphatic rings. The first-order chi connectivity index (χ1) is 6.81. The van der Waals surface area contributed by atoms with Crippen LogP contribution in [-0.4, -0.2) is 20.4 Å². The SMILES string of the molecule is CCCC(C)c1cc2nn[nH]c2cn1. The smallest absolute Gasteiger partial charge is 0.116 e. The molecule has 2 rings (SSSR count). The van der Waals surface area contributed by atoms with Gasteiger partial charge in [0, 0.05) is 5.69 Å². The van der Waals surface area contributed by atoms with E-state index in [4.69, 9.17) is 0 Å². The molecule has 2 heterocycles. The summed E-state index contributed by atoms with van der Waals surface area (Å²) < 4.78 is 0. The summed E-state index contributed by atoms with van der Waals surface area (Å²) in [5.74, 6) is 0.501. The quantitative estimate of drug-likeness (QED) is 0.807. The average molecular weight is 190 g/mol. The lowest BCUT2D eigenvalue weighted by molar-refractivity contribution is 0.648. The van der Waals surface area contributed by atoms with Crippen molar-refractivity contribution in [3.8, 4) is 0 Å². The van der Waals surface area contributed by atoms with Crippen LogP contribution in [0, 0.1) is 0 Å². The molecule has 0 aliphatic carbocycles. The van der Waals surface area contributed by atoms with Gasteiger partial charge >= 0.3 is 0 Å². The Morgan fingerprint density at radius 1 is 1.50 bits per heavy atom. The summed E-state index contributed by atoms with van der Waals surface area (Å²) in [5.41, 5.74) is 2.91. The van der Waals surface area contributed by atoms with Gasteiger partial charge in [0.15, 0.2) is 0 Å². The van der Waals surface area contributed by atoms with Crippen LogP contribution in [0.2, 0.25) is 0 Å². The van der Waals surface area contributed by atoms with Gasteiger partial charge in [-0.25, -0.2) is 0 Å². The lowest BCUT2D eigenvalue weighted by atomic mass is 10.0. The van der Waals surface area contributed by atoms with Crippen LogP contribution < -0.4 is 0 Å². The van der Waals surface area contributed by atoms with E-state index in [0.717, 1.165) is 23.1 Å². The van der Waals surface area contributed by atoms with Crippen molar-refractivity contribution in [2.45, 2.75) is 32.6 Å². The molecule has 0 fully saturated rings. The first kappa shape index (κ1) is 9.12. The Labute approximate surface area is 82.7 Å². The van der Waals surface area contributed by atoms with Crippen molar-refractivity contribution in [2.75, 3.05) is 0 Å². The van der Waals surface area contributed by atoms with Gasteiger partial charge < -0.3 is 0 Å². The Morgan fingerprint density at radius 2 is 2.36 bits per heavy atom. The summed E-state index contributed by atoms with van der Waals surface area (Å²) in [6.45, 7) is 4.38. The van der Waals surface area contributed by atoms with Crippen LogP contribution in [0.1, 0.15) is 38.3 Å². The standard InChI is InChI=1S/C10H14N4/c1-3-4-7(2)8-5-9-10(6-11-8)13-14-12-9/h5-7H,3-4H2,1-2H3,(H,12,13,14). The maximum absolute atomic E-state index is 4.39. The predicted molar refractivity (Wildman–Crippen MR) is 55.0 cm³/mol. The maximum Gasteiger partial charge on any atom is 0.116 e. The Balaban J connectivity index is 2.33. The van der Waals surface area contributed by atoms with Gasteiger partial charge in [-0.2, -0.15) is 0 Å². The van der Waals surface area contributed by atoms with E-state index in [1.807, 2.05) is 6.07 Å². The highest BCUT2D eigenvalue weighted by atomic mass is 15.3. The lowest BCUT2D eigenvalue weighted by Gasteiger charge is -2.08. The van der Waals surface area contributed by atoms with Crippen LogP contribution in [-0.2, 0) is 0 Å². The number of aromatic nitrogens is 4. The normalized spacial score (nSPS) is 13.3. The second kappa shape index (κ2) is 3.74. The summed E-state index contributed by atoms with van der Waals surface area (Å²) in [7, 11) is 0. The molecule has 0 saturated heterocycles. The number of hydrogen-bond acceptors (Lipinski definition) is 3. The number of nitrogens with zero attached hydrogens (tertiary/aromatic N) is 3. The van der Waals surface area contributed by atoms with Crippen molar-refractivity contribution in [3.63, 3.8) is 0 Å². The molecule has 0 spiro atoms. The Morgan fingerprint density at radius 3 is 3.14 bits per heavy atom. The Kier molecular flexibility index (Phi) is 2.43. The molecule has 0 aliphatic heterocycles. The molecule has 2 aromatic heterocycles. The van der Waals surface area contributed by atoms with Gasteiger partial charge in [0.05, 0.1) is 6.20 Å². The maximum atomic E-state index is 4.39. The van der Waals surface area contributed by atoms with Gasteiger partial charge in [0.25, 0.3) is 0 Å². The minimum absolute atomic E-state index is 0.501. The molecule has 0 radical (unpaired) electrons. The van der Waals surface area contributed by atoms with E-state index in [-0.39, 0.29) is 0 Å². The van der Waals surface area contributed by atoms with E-state index < -0.39 is 0 Å². The third-order valence-corrected chi connectivity index (χ3v) is 2.46. The minimum Gasteiger partial charge on any atom is -0.259 e. The second-order valence-corrected chi connectivity index (χ2v) is 3.63. The van der Waals surface area contributed by atoms with Crippen molar-refractivity contribution >= 4 is 11.0 Å². The monoisotopic (exact) mass is 190 g/mol. The minimum atomic E-state index is 0.501. The molecule has 74 valence electrons. The van der Waals surface area contributed by atoms with Crippen LogP contribution in [0.3, 0.4) is 0 Å². The molecule has 0 aromatic carbocycles.